The maximum absolute atomic E-state index is 12.7. The molecule has 1 N–H and O–H groups in total. The molecule has 0 aromatic carbocycles. The fourth-order valence-corrected chi connectivity index (χ4v) is 3.08. The number of ether oxygens (including phenoxy) is 2. The summed E-state index contributed by atoms with van der Waals surface area (Å²) >= 11 is 0. The Morgan fingerprint density at radius 2 is 1.87 bits per heavy atom. The van der Waals surface area contributed by atoms with Gasteiger partial charge in [-0.25, -0.2) is 0 Å². The van der Waals surface area contributed by atoms with E-state index in [9.17, 15) is 4.79 Å². The molecule has 1 aromatic heterocycles. The predicted octanol–water partition coefficient (Wildman–Crippen LogP) is 2.27. The lowest BCUT2D eigenvalue weighted by Gasteiger charge is -2.37. The van der Waals surface area contributed by atoms with Crippen LogP contribution in [0.5, 0.6) is 0 Å². The summed E-state index contributed by atoms with van der Waals surface area (Å²) in [6.07, 6.45) is 4.83. The van der Waals surface area contributed by atoms with Crippen LogP contribution < -0.4 is 5.32 Å². The number of pyridine rings is 1. The van der Waals surface area contributed by atoms with Gasteiger partial charge in [-0.3, -0.25) is 9.78 Å². The zero-order valence-corrected chi connectivity index (χ0v) is 14.1. The van der Waals surface area contributed by atoms with Crippen molar-refractivity contribution in [2.24, 2.45) is 0 Å². The summed E-state index contributed by atoms with van der Waals surface area (Å²) in [5.74, 6) is -0.437. The quantitative estimate of drug-likeness (QED) is 0.906. The molecular formula is C17H25N3O3. The van der Waals surface area contributed by atoms with Crippen LogP contribution in [0.25, 0.3) is 0 Å². The predicted molar refractivity (Wildman–Crippen MR) is 87.4 cm³/mol. The van der Waals surface area contributed by atoms with E-state index in [2.05, 4.69) is 31.1 Å². The number of nitrogens with zero attached hydrogens (tertiary/aromatic N) is 2. The van der Waals surface area contributed by atoms with Crippen LogP contribution in [0.4, 0.5) is 5.69 Å². The first-order chi connectivity index (χ1) is 10.9. The topological polar surface area (TPSA) is 63.7 Å². The van der Waals surface area contributed by atoms with Crippen molar-refractivity contribution in [3.05, 3.63) is 24.0 Å². The molecule has 1 aromatic rings. The molecule has 0 bridgehead atoms. The minimum absolute atomic E-state index is 0.0166. The normalized spacial score (nSPS) is 20.7. The Kier molecular flexibility index (Phi) is 4.29. The first kappa shape index (κ1) is 16.2. The molecule has 2 saturated heterocycles. The number of nitrogens with one attached hydrogen (secondary N) is 1. The first-order valence-electron chi connectivity index (χ1n) is 8.17. The van der Waals surface area contributed by atoms with E-state index < -0.39 is 5.79 Å². The van der Waals surface area contributed by atoms with Gasteiger partial charge < -0.3 is 19.7 Å². The average molecular weight is 319 g/mol. The summed E-state index contributed by atoms with van der Waals surface area (Å²) in [6.45, 7) is 8.83. The highest BCUT2D eigenvalue weighted by atomic mass is 16.7. The molecule has 2 aliphatic rings. The van der Waals surface area contributed by atoms with E-state index in [-0.39, 0.29) is 11.4 Å². The van der Waals surface area contributed by atoms with Gasteiger partial charge in [-0.15, -0.1) is 0 Å². The summed E-state index contributed by atoms with van der Waals surface area (Å²) in [7, 11) is 0. The van der Waals surface area contributed by atoms with Crippen LogP contribution in [0, 0.1) is 0 Å². The SMILES string of the molecule is CC(C)(C)Nc1cncc(C(=O)N2CCC3(CC2)OCCO3)c1. The highest BCUT2D eigenvalue weighted by Gasteiger charge is 2.40. The van der Waals surface area contributed by atoms with Crippen LogP contribution in [0.2, 0.25) is 0 Å². The van der Waals surface area contributed by atoms with Gasteiger partial charge in [0.15, 0.2) is 5.79 Å². The van der Waals surface area contributed by atoms with Crippen molar-refractivity contribution >= 4 is 11.6 Å². The van der Waals surface area contributed by atoms with Crippen LogP contribution in [0.1, 0.15) is 44.0 Å². The Labute approximate surface area is 137 Å². The van der Waals surface area contributed by atoms with Gasteiger partial charge in [-0.2, -0.15) is 0 Å². The maximum Gasteiger partial charge on any atom is 0.255 e. The third-order valence-electron chi connectivity index (χ3n) is 4.13. The van der Waals surface area contributed by atoms with Crippen molar-refractivity contribution in [2.45, 2.75) is 44.9 Å². The van der Waals surface area contributed by atoms with Crippen LogP contribution in [0.15, 0.2) is 18.5 Å². The van der Waals surface area contributed by atoms with Crippen molar-refractivity contribution < 1.29 is 14.3 Å². The Morgan fingerprint density at radius 1 is 1.22 bits per heavy atom. The molecule has 6 heteroatoms. The van der Waals surface area contributed by atoms with Crippen molar-refractivity contribution in [1.82, 2.24) is 9.88 Å². The number of hydrogen-bond acceptors (Lipinski definition) is 5. The minimum atomic E-state index is -0.454. The van der Waals surface area contributed by atoms with Crippen molar-refractivity contribution in [1.29, 1.82) is 0 Å². The molecule has 0 saturated carbocycles. The molecule has 1 spiro atoms. The average Bonchev–Trinajstić information content (AvgIpc) is 2.94. The Bertz CT molecular complexity index is 567. The number of hydrogen-bond donors (Lipinski definition) is 1. The number of amides is 1. The second-order valence-corrected chi connectivity index (χ2v) is 7.24. The number of likely N-dealkylation sites (tertiary alicyclic amines) is 1. The van der Waals surface area contributed by atoms with Gasteiger partial charge in [0, 0.05) is 43.9 Å². The molecule has 0 atom stereocenters. The molecule has 6 nitrogen and oxygen atoms in total. The fourth-order valence-electron chi connectivity index (χ4n) is 3.08. The third-order valence-corrected chi connectivity index (χ3v) is 4.13. The molecule has 3 heterocycles. The van der Waals surface area contributed by atoms with Gasteiger partial charge >= 0.3 is 0 Å². The number of carbonyl (C=O) groups is 1. The summed E-state index contributed by atoms with van der Waals surface area (Å²) in [5.41, 5.74) is 1.40. The molecule has 0 aliphatic carbocycles. The second kappa shape index (κ2) is 6.09. The van der Waals surface area contributed by atoms with Gasteiger partial charge in [0.25, 0.3) is 5.91 Å². The van der Waals surface area contributed by atoms with Crippen molar-refractivity contribution in [2.75, 3.05) is 31.6 Å². The zero-order valence-electron chi connectivity index (χ0n) is 14.1. The van der Waals surface area contributed by atoms with E-state index in [1.165, 1.54) is 0 Å². The van der Waals surface area contributed by atoms with E-state index in [1.807, 2.05) is 11.0 Å². The van der Waals surface area contributed by atoms with Crippen LogP contribution >= 0.6 is 0 Å². The van der Waals surface area contributed by atoms with Crippen LogP contribution in [0.3, 0.4) is 0 Å². The Morgan fingerprint density at radius 3 is 2.48 bits per heavy atom. The van der Waals surface area contributed by atoms with Gasteiger partial charge in [0.05, 0.1) is 24.5 Å². The minimum Gasteiger partial charge on any atom is -0.379 e. The highest BCUT2D eigenvalue weighted by Crippen LogP contribution is 2.31. The van der Waals surface area contributed by atoms with Crippen molar-refractivity contribution in [3.8, 4) is 0 Å². The number of rotatable bonds is 2. The molecule has 0 unspecified atom stereocenters. The van der Waals surface area contributed by atoms with E-state index in [1.54, 1.807) is 12.4 Å². The molecular weight excluding hydrogens is 294 g/mol. The number of anilines is 1. The van der Waals surface area contributed by atoms with E-state index in [0.29, 0.717) is 31.9 Å². The lowest BCUT2D eigenvalue weighted by atomic mass is 10.0. The Balaban J connectivity index is 1.65. The van der Waals surface area contributed by atoms with E-state index >= 15 is 0 Å². The molecule has 23 heavy (non-hydrogen) atoms. The monoisotopic (exact) mass is 319 g/mol. The number of carbonyl (C=O) groups excluding carboxylic acids is 1. The molecule has 2 fully saturated rings. The lowest BCUT2D eigenvalue weighted by Crippen LogP contribution is -2.47. The second-order valence-electron chi connectivity index (χ2n) is 7.24. The van der Waals surface area contributed by atoms with E-state index in [4.69, 9.17) is 9.47 Å². The summed E-state index contributed by atoms with van der Waals surface area (Å²) in [5, 5.41) is 3.35. The molecule has 126 valence electrons. The number of aromatic nitrogens is 1. The van der Waals surface area contributed by atoms with Crippen LogP contribution in [-0.2, 0) is 9.47 Å². The standard InChI is InChI=1S/C17H25N3O3/c1-16(2,3)19-14-10-13(11-18-12-14)15(21)20-6-4-17(5-7-20)22-8-9-23-17/h10-12,19H,4-9H2,1-3H3. The third kappa shape index (κ3) is 3.82. The molecule has 0 radical (unpaired) electrons. The van der Waals surface area contributed by atoms with Gasteiger partial charge in [0.2, 0.25) is 0 Å². The van der Waals surface area contributed by atoms with Gasteiger partial charge in [-0.1, -0.05) is 0 Å². The molecule has 1 amide bonds. The van der Waals surface area contributed by atoms with Gasteiger partial charge in [0.1, 0.15) is 0 Å². The zero-order chi connectivity index (χ0) is 16.5. The number of piperidine rings is 1. The van der Waals surface area contributed by atoms with Gasteiger partial charge in [-0.05, 0) is 26.8 Å². The first-order valence-corrected chi connectivity index (χ1v) is 8.17. The fraction of sp³-hybridized carbons (Fsp3) is 0.647. The summed E-state index contributed by atoms with van der Waals surface area (Å²) in [4.78, 5) is 18.7. The highest BCUT2D eigenvalue weighted by molar-refractivity contribution is 5.94. The maximum atomic E-state index is 12.7. The molecule has 3 rings (SSSR count). The van der Waals surface area contributed by atoms with Crippen molar-refractivity contribution in [3.63, 3.8) is 0 Å². The summed E-state index contributed by atoms with van der Waals surface area (Å²) in [6, 6.07) is 1.87. The summed E-state index contributed by atoms with van der Waals surface area (Å²) < 4.78 is 11.4. The molecule has 2 aliphatic heterocycles. The van der Waals surface area contributed by atoms with E-state index in [0.717, 1.165) is 18.5 Å². The largest absolute Gasteiger partial charge is 0.379 e. The smallest absolute Gasteiger partial charge is 0.255 e. The Hall–Kier alpha value is -1.66. The van der Waals surface area contributed by atoms with Crippen LogP contribution in [-0.4, -0.2) is 53.4 Å². The lowest BCUT2D eigenvalue weighted by molar-refractivity contribution is -0.181.